The van der Waals surface area contributed by atoms with Gasteiger partial charge in [0.15, 0.2) is 35.6 Å². The van der Waals surface area contributed by atoms with E-state index in [9.17, 15) is 19.5 Å². The van der Waals surface area contributed by atoms with E-state index >= 15 is 0 Å². The van der Waals surface area contributed by atoms with Crippen molar-refractivity contribution in [1.82, 2.24) is 4.90 Å². The van der Waals surface area contributed by atoms with Gasteiger partial charge in [-0.05, 0) is 91.1 Å². The van der Waals surface area contributed by atoms with Crippen LogP contribution in [-0.4, -0.2) is 89.1 Å². The molecule has 1 aromatic rings. The van der Waals surface area contributed by atoms with Crippen LogP contribution in [0.4, 0.5) is 4.79 Å². The number of benzene rings is 1. The summed E-state index contributed by atoms with van der Waals surface area (Å²) in [7, 11) is 1.98. The molecule has 1 unspecified atom stereocenters. The topological polar surface area (TPSA) is 139 Å². The van der Waals surface area contributed by atoms with Crippen molar-refractivity contribution < 1.29 is 54.0 Å². The van der Waals surface area contributed by atoms with E-state index in [-0.39, 0.29) is 24.0 Å². The van der Waals surface area contributed by atoms with Gasteiger partial charge in [0.1, 0.15) is 17.4 Å². The Morgan fingerprint density at radius 3 is 2.47 bits per heavy atom. The van der Waals surface area contributed by atoms with Crippen molar-refractivity contribution >= 4 is 18.1 Å². The second-order valence-electron chi connectivity index (χ2n) is 15.8. The van der Waals surface area contributed by atoms with Crippen LogP contribution in [0.15, 0.2) is 24.0 Å². The molecule has 258 valence electrons. The normalized spacial score (nSPS) is 34.7. The van der Waals surface area contributed by atoms with Crippen LogP contribution in [0.25, 0.3) is 0 Å². The van der Waals surface area contributed by atoms with Gasteiger partial charge in [0.2, 0.25) is 0 Å². The number of nitrogens with zero attached hydrogens (tertiary/aromatic N) is 1. The van der Waals surface area contributed by atoms with E-state index in [1.54, 1.807) is 67.5 Å². The summed E-state index contributed by atoms with van der Waals surface area (Å²) >= 11 is 0. The first kappa shape index (κ1) is 32.4. The van der Waals surface area contributed by atoms with Crippen molar-refractivity contribution in [1.29, 1.82) is 0 Å². The zero-order chi connectivity index (χ0) is 35.4. The van der Waals surface area contributed by atoms with Crippen LogP contribution < -0.4 is 9.47 Å². The molecule has 47 heavy (non-hydrogen) atoms. The minimum Gasteiger partial charge on any atom is -0.477 e. The van der Waals surface area contributed by atoms with E-state index in [1.165, 1.54) is 6.92 Å². The van der Waals surface area contributed by atoms with Gasteiger partial charge < -0.3 is 43.2 Å². The molecule has 3 heterocycles. The Morgan fingerprint density at radius 1 is 1.11 bits per heavy atom. The second kappa shape index (κ2) is 10.9. The molecular weight excluding hydrogens is 610 g/mol. The number of piperidine rings is 1. The fourth-order valence-corrected chi connectivity index (χ4v) is 7.73. The van der Waals surface area contributed by atoms with Crippen LogP contribution in [-0.2, 0) is 45.1 Å². The Kier molecular flexibility index (Phi) is 7.51. The molecule has 0 aromatic heterocycles. The highest BCUT2D eigenvalue weighted by Crippen LogP contribution is 2.65. The third kappa shape index (κ3) is 5.50. The highest BCUT2D eigenvalue weighted by molar-refractivity contribution is 5.82. The van der Waals surface area contributed by atoms with Crippen molar-refractivity contribution in [2.75, 3.05) is 13.6 Å². The second-order valence-corrected chi connectivity index (χ2v) is 15.8. The van der Waals surface area contributed by atoms with Crippen molar-refractivity contribution in [2.45, 2.75) is 134 Å². The number of hydrogen-bond acceptors (Lipinski definition) is 12. The van der Waals surface area contributed by atoms with Crippen molar-refractivity contribution in [2.24, 2.45) is 5.41 Å². The lowest BCUT2D eigenvalue weighted by atomic mass is 9.50. The van der Waals surface area contributed by atoms with E-state index in [1.807, 2.05) is 13.1 Å². The van der Waals surface area contributed by atoms with Gasteiger partial charge in [-0.2, -0.15) is 0 Å². The molecule has 12 heteroatoms. The van der Waals surface area contributed by atoms with Crippen LogP contribution >= 0.6 is 0 Å². The molecule has 0 amide bonds. The molecule has 3 aliphatic heterocycles. The number of likely N-dealkylation sites (tertiary alicyclic amines) is 1. The van der Waals surface area contributed by atoms with Gasteiger partial charge in [0, 0.05) is 18.0 Å². The number of ether oxygens (including phenoxy) is 7. The fraction of sp³-hybridized carbons (Fsp3) is 0.686. The predicted octanol–water partition coefficient (Wildman–Crippen LogP) is 4.32. The van der Waals surface area contributed by atoms with E-state index in [0.29, 0.717) is 25.1 Å². The monoisotopic (exact) mass is 658 g/mol. The molecule has 2 bridgehead atoms. The first-order valence-corrected chi connectivity index (χ1v) is 16.2. The smallest absolute Gasteiger partial charge is 0.477 e. The van der Waals surface area contributed by atoms with Gasteiger partial charge >= 0.3 is 18.1 Å². The van der Waals surface area contributed by atoms with Gasteiger partial charge in [-0.1, -0.05) is 26.8 Å². The summed E-state index contributed by atoms with van der Waals surface area (Å²) < 4.78 is 49.6. The largest absolute Gasteiger partial charge is 0.514 e. The minimum absolute atomic E-state index is 0.138. The third-order valence-corrected chi connectivity index (χ3v) is 9.71. The van der Waals surface area contributed by atoms with E-state index in [4.69, 9.17) is 34.5 Å². The molecule has 7 atom stereocenters. The molecule has 6 rings (SSSR count). The van der Waals surface area contributed by atoms with Crippen molar-refractivity contribution in [3.8, 4) is 11.5 Å². The number of carbonyl (C=O) groups excluding carboxylic acids is 3. The zero-order valence-corrected chi connectivity index (χ0v) is 28.8. The highest BCUT2D eigenvalue weighted by Gasteiger charge is 2.72. The number of carbonyl (C=O) groups is 3. The summed E-state index contributed by atoms with van der Waals surface area (Å²) in [4.78, 5) is 41.8. The van der Waals surface area contributed by atoms with Gasteiger partial charge in [-0.25, -0.2) is 14.4 Å². The minimum atomic E-state index is -1.78. The van der Waals surface area contributed by atoms with Crippen molar-refractivity contribution in [3.05, 3.63) is 35.1 Å². The summed E-state index contributed by atoms with van der Waals surface area (Å²) in [5.41, 5.74) is -2.23. The Labute approximate surface area is 277 Å². The quantitative estimate of drug-likeness (QED) is 0.274. The first-order valence-electron chi connectivity index (χ1n) is 16.7. The lowest BCUT2D eigenvalue weighted by Crippen LogP contribution is -2.74. The summed E-state index contributed by atoms with van der Waals surface area (Å²) in [5.74, 6) is -2.43. The summed E-state index contributed by atoms with van der Waals surface area (Å²) in [6.07, 6.45) is -3.57. The lowest BCUT2D eigenvalue weighted by Gasteiger charge is -2.61. The average molecular weight is 659 g/mol. The molecule has 1 spiro atoms. The van der Waals surface area contributed by atoms with E-state index in [2.05, 4.69) is 4.90 Å². The molecule has 1 aromatic carbocycles. The Balaban J connectivity index is 1.28. The Morgan fingerprint density at radius 2 is 1.81 bits per heavy atom. The van der Waals surface area contributed by atoms with Gasteiger partial charge in [0.05, 0.1) is 12.4 Å². The van der Waals surface area contributed by atoms with Crippen LogP contribution in [0.5, 0.6) is 11.5 Å². The number of hydrogen-bond donors (Lipinski definition) is 1. The number of rotatable bonds is 5. The van der Waals surface area contributed by atoms with Gasteiger partial charge in [-0.15, -0.1) is 0 Å². The molecule has 2 saturated heterocycles. The maximum absolute atomic E-state index is 13.5. The summed E-state index contributed by atoms with van der Waals surface area (Å²) in [6, 6.07) is 3.29. The molecule has 5 aliphatic rings. The SMILES string of the molecule is [2H][C@@]1(C(C)(C)C)OC(C)(C)OC1C(=O)O[C@@H](C)C(=O)OC1=CC[C@@]2(O)[C@H]3Cc4ccc(OC(=O)OC(C)(C)C)c5c4[C@@]2(CCN3C)[C@H]1O5. The molecule has 2 aliphatic carbocycles. The number of aliphatic hydroxyl groups is 1. The van der Waals surface area contributed by atoms with Crippen LogP contribution in [0, 0.1) is 5.41 Å². The molecule has 12 nitrogen and oxygen atoms in total. The molecule has 2 fully saturated rings. The van der Waals surface area contributed by atoms with Crippen molar-refractivity contribution in [3.63, 3.8) is 0 Å². The zero-order valence-electron chi connectivity index (χ0n) is 29.8. The van der Waals surface area contributed by atoms with Crippen LogP contribution in [0.1, 0.15) is 87.7 Å². The molecular formula is C35H47NO11. The molecule has 0 saturated carbocycles. The Hall–Kier alpha value is -3.19. The maximum Gasteiger partial charge on any atom is 0.514 e. The summed E-state index contributed by atoms with van der Waals surface area (Å²) in [6.45, 7) is 15.7. The number of esters is 2. The van der Waals surface area contributed by atoms with E-state index in [0.717, 1.165) is 11.1 Å². The fourth-order valence-electron chi connectivity index (χ4n) is 7.73. The van der Waals surface area contributed by atoms with Gasteiger partial charge in [-0.3, -0.25) is 0 Å². The standard InChI is InChI=1S/C35H47NO11/c1-18(41-29(38)25-27(31(2,3)4)46-33(8,9)45-25)28(37)42-21-13-14-35(40)22-17-19-11-12-20(43-30(39)47-32(5,6)7)24-23(19)34(35,26(21)44-24)15-16-36(22)10/h11-13,18,22,25-27,40H,14-17H2,1-10H3/t18-,22+,25?,26-,27+,34-,35+/m0/s1/i27D. The lowest BCUT2D eigenvalue weighted by molar-refractivity contribution is -0.182. The Bertz CT molecular complexity index is 1580. The highest BCUT2D eigenvalue weighted by atomic mass is 16.8. The number of likely N-dealkylation sites (N-methyl/N-ethyl adjacent to an activating group) is 1. The average Bonchev–Trinajstić information content (AvgIpc) is 3.43. The predicted molar refractivity (Wildman–Crippen MR) is 167 cm³/mol. The molecule has 0 radical (unpaired) electrons. The van der Waals surface area contributed by atoms with E-state index < -0.39 is 70.3 Å². The maximum atomic E-state index is 13.5. The summed E-state index contributed by atoms with van der Waals surface area (Å²) in [5, 5.41) is 12.5. The van der Waals surface area contributed by atoms with Gasteiger partial charge in [0.25, 0.3) is 0 Å². The van der Waals surface area contributed by atoms with Crippen LogP contribution in [0.2, 0.25) is 0 Å². The third-order valence-electron chi connectivity index (χ3n) is 9.71. The van der Waals surface area contributed by atoms with Crippen LogP contribution in [0.3, 0.4) is 0 Å². The first-order chi connectivity index (χ1) is 22.0. The molecule has 1 N–H and O–H groups in total.